The van der Waals surface area contributed by atoms with Gasteiger partial charge in [-0.25, -0.2) is 5.48 Å². The number of nitrogens with one attached hydrogen (secondary N) is 1. The monoisotopic (exact) mass is 278 g/mol. The fourth-order valence-electron chi connectivity index (χ4n) is 2.06. The van der Waals surface area contributed by atoms with E-state index in [0.29, 0.717) is 11.3 Å². The van der Waals surface area contributed by atoms with Gasteiger partial charge in [-0.3, -0.25) is 14.4 Å². The number of amides is 2. The molecule has 1 aromatic carbocycles. The number of hydrogen-bond acceptors (Lipinski definition) is 4. The molecule has 6 heteroatoms. The highest BCUT2D eigenvalue weighted by molar-refractivity contribution is 5.93. The molecule has 1 saturated carbocycles. The molecule has 0 aromatic heterocycles. The summed E-state index contributed by atoms with van der Waals surface area (Å²) in [7, 11) is 0. The molecule has 1 aliphatic carbocycles. The summed E-state index contributed by atoms with van der Waals surface area (Å²) in [4.78, 5) is 27.7. The maximum atomic E-state index is 11.8. The van der Waals surface area contributed by atoms with E-state index in [1.54, 1.807) is 24.3 Å². The average molecular weight is 278 g/mol. The molecule has 0 unspecified atom stereocenters. The van der Waals surface area contributed by atoms with Crippen LogP contribution in [0.1, 0.15) is 36.0 Å². The van der Waals surface area contributed by atoms with Crippen LogP contribution in [0.3, 0.4) is 0 Å². The maximum Gasteiger partial charge on any atom is 0.274 e. The summed E-state index contributed by atoms with van der Waals surface area (Å²) in [5.41, 5.74) is 7.90. The number of nitrogens with two attached hydrogens (primary N) is 1. The number of carbonyl (C=O) groups is 2. The van der Waals surface area contributed by atoms with Crippen molar-refractivity contribution in [3.63, 3.8) is 0 Å². The van der Waals surface area contributed by atoms with Gasteiger partial charge in [-0.05, 0) is 37.1 Å². The van der Waals surface area contributed by atoms with E-state index in [2.05, 4.69) is 5.48 Å². The standard InChI is InChI=1S/C14H18N2O4/c15-13(17)9-19-11-7-5-10(6-8-11)14(18)16-20-12-3-1-2-4-12/h5-8,12H,1-4,9H2,(H2,15,17)(H,16,18). The summed E-state index contributed by atoms with van der Waals surface area (Å²) in [6.45, 7) is -0.184. The Hall–Kier alpha value is -2.08. The summed E-state index contributed by atoms with van der Waals surface area (Å²) in [5.74, 6) is -0.354. The molecule has 0 bridgehead atoms. The van der Waals surface area contributed by atoms with E-state index in [9.17, 15) is 9.59 Å². The van der Waals surface area contributed by atoms with Crippen molar-refractivity contribution in [2.24, 2.45) is 5.73 Å². The summed E-state index contributed by atoms with van der Waals surface area (Å²) in [6, 6.07) is 6.41. The highest BCUT2D eigenvalue weighted by Gasteiger charge is 2.17. The maximum absolute atomic E-state index is 11.8. The zero-order valence-electron chi connectivity index (χ0n) is 11.1. The fourth-order valence-corrected chi connectivity index (χ4v) is 2.06. The van der Waals surface area contributed by atoms with Crippen molar-refractivity contribution in [3.8, 4) is 5.75 Å². The lowest BCUT2D eigenvalue weighted by molar-refractivity contribution is -0.119. The Labute approximate surface area is 117 Å². The topological polar surface area (TPSA) is 90.7 Å². The second-order valence-electron chi connectivity index (χ2n) is 4.73. The number of hydrogen-bond donors (Lipinski definition) is 2. The molecule has 20 heavy (non-hydrogen) atoms. The van der Waals surface area contributed by atoms with Gasteiger partial charge in [-0.1, -0.05) is 12.8 Å². The van der Waals surface area contributed by atoms with Crippen LogP contribution < -0.4 is 16.0 Å². The molecule has 2 rings (SSSR count). The van der Waals surface area contributed by atoms with Crippen LogP contribution in [0.25, 0.3) is 0 Å². The molecule has 0 atom stereocenters. The van der Waals surface area contributed by atoms with Gasteiger partial charge in [0, 0.05) is 5.56 Å². The number of rotatable bonds is 6. The largest absolute Gasteiger partial charge is 0.484 e. The smallest absolute Gasteiger partial charge is 0.274 e. The summed E-state index contributed by atoms with van der Waals surface area (Å²) in [5, 5.41) is 0. The normalized spacial score (nSPS) is 15.0. The minimum atomic E-state index is -0.545. The van der Waals surface area contributed by atoms with Crippen molar-refractivity contribution >= 4 is 11.8 Å². The van der Waals surface area contributed by atoms with Gasteiger partial charge in [0.2, 0.25) is 0 Å². The van der Waals surface area contributed by atoms with Crippen LogP contribution in [-0.2, 0) is 9.63 Å². The molecule has 1 fully saturated rings. The van der Waals surface area contributed by atoms with E-state index in [1.807, 2.05) is 0 Å². The lowest BCUT2D eigenvalue weighted by Crippen LogP contribution is -2.28. The first-order valence-electron chi connectivity index (χ1n) is 6.62. The molecule has 108 valence electrons. The molecule has 2 amide bonds. The quantitative estimate of drug-likeness (QED) is 0.764. The van der Waals surface area contributed by atoms with E-state index in [0.717, 1.165) is 25.7 Å². The Bertz CT molecular complexity index is 467. The van der Waals surface area contributed by atoms with Crippen LogP contribution >= 0.6 is 0 Å². The van der Waals surface area contributed by atoms with Crippen LogP contribution in [0.4, 0.5) is 0 Å². The summed E-state index contributed by atoms with van der Waals surface area (Å²) in [6.07, 6.45) is 4.39. The molecular weight excluding hydrogens is 260 g/mol. The van der Waals surface area contributed by atoms with Crippen LogP contribution in [-0.4, -0.2) is 24.5 Å². The molecule has 1 aliphatic rings. The Morgan fingerprint density at radius 3 is 2.45 bits per heavy atom. The molecule has 0 aliphatic heterocycles. The van der Waals surface area contributed by atoms with Crippen LogP contribution in [0.15, 0.2) is 24.3 Å². The number of hydroxylamine groups is 1. The first kappa shape index (κ1) is 14.3. The minimum absolute atomic E-state index is 0.122. The third-order valence-corrected chi connectivity index (χ3v) is 3.12. The Morgan fingerprint density at radius 2 is 1.85 bits per heavy atom. The number of ether oxygens (including phenoxy) is 1. The molecule has 3 N–H and O–H groups in total. The third-order valence-electron chi connectivity index (χ3n) is 3.12. The Morgan fingerprint density at radius 1 is 1.20 bits per heavy atom. The molecule has 1 aromatic rings. The minimum Gasteiger partial charge on any atom is -0.484 e. The second kappa shape index (κ2) is 6.91. The van der Waals surface area contributed by atoms with E-state index < -0.39 is 5.91 Å². The van der Waals surface area contributed by atoms with Gasteiger partial charge in [0.15, 0.2) is 6.61 Å². The van der Waals surface area contributed by atoms with Crippen molar-refractivity contribution < 1.29 is 19.2 Å². The number of carbonyl (C=O) groups excluding carboxylic acids is 2. The zero-order valence-corrected chi connectivity index (χ0v) is 11.1. The SMILES string of the molecule is NC(=O)COc1ccc(C(=O)NOC2CCCC2)cc1. The van der Waals surface area contributed by atoms with Gasteiger partial charge in [0.05, 0.1) is 6.10 Å². The number of benzene rings is 1. The molecule has 6 nitrogen and oxygen atoms in total. The molecule has 0 radical (unpaired) electrons. The van der Waals surface area contributed by atoms with Crippen molar-refractivity contribution in [3.05, 3.63) is 29.8 Å². The molecule has 0 heterocycles. The van der Waals surface area contributed by atoms with Crippen LogP contribution in [0, 0.1) is 0 Å². The van der Waals surface area contributed by atoms with E-state index in [-0.39, 0.29) is 18.6 Å². The highest BCUT2D eigenvalue weighted by atomic mass is 16.7. The van der Waals surface area contributed by atoms with Gasteiger partial charge in [-0.15, -0.1) is 0 Å². The van der Waals surface area contributed by atoms with Crippen molar-refractivity contribution in [1.82, 2.24) is 5.48 Å². The van der Waals surface area contributed by atoms with E-state index in [1.165, 1.54) is 0 Å². The van der Waals surface area contributed by atoms with Gasteiger partial charge in [0.25, 0.3) is 11.8 Å². The lowest BCUT2D eigenvalue weighted by atomic mass is 10.2. The predicted octanol–water partition coefficient (Wildman–Crippen LogP) is 1.15. The Balaban J connectivity index is 1.81. The van der Waals surface area contributed by atoms with E-state index >= 15 is 0 Å². The highest BCUT2D eigenvalue weighted by Crippen LogP contribution is 2.20. The van der Waals surface area contributed by atoms with Gasteiger partial charge in [0.1, 0.15) is 5.75 Å². The van der Waals surface area contributed by atoms with Gasteiger partial charge >= 0.3 is 0 Å². The van der Waals surface area contributed by atoms with Crippen molar-refractivity contribution in [2.75, 3.05) is 6.61 Å². The molecule has 0 spiro atoms. The molecule has 0 saturated heterocycles. The van der Waals surface area contributed by atoms with E-state index in [4.69, 9.17) is 15.3 Å². The van der Waals surface area contributed by atoms with Gasteiger partial charge in [-0.2, -0.15) is 0 Å². The lowest BCUT2D eigenvalue weighted by Gasteiger charge is -2.11. The second-order valence-corrected chi connectivity index (χ2v) is 4.73. The fraction of sp³-hybridized carbons (Fsp3) is 0.429. The summed E-state index contributed by atoms with van der Waals surface area (Å²) < 4.78 is 5.11. The molecular formula is C14H18N2O4. The van der Waals surface area contributed by atoms with Crippen molar-refractivity contribution in [2.45, 2.75) is 31.8 Å². The Kier molecular flexibility index (Phi) is 4.95. The van der Waals surface area contributed by atoms with Crippen LogP contribution in [0.5, 0.6) is 5.75 Å². The van der Waals surface area contributed by atoms with Crippen molar-refractivity contribution in [1.29, 1.82) is 0 Å². The van der Waals surface area contributed by atoms with Crippen LogP contribution in [0.2, 0.25) is 0 Å². The third kappa shape index (κ3) is 4.24. The average Bonchev–Trinajstić information content (AvgIpc) is 2.96. The first-order valence-corrected chi connectivity index (χ1v) is 6.62. The summed E-state index contributed by atoms with van der Waals surface area (Å²) >= 11 is 0. The van der Waals surface area contributed by atoms with Gasteiger partial charge < -0.3 is 10.5 Å². The number of primary amides is 1. The first-order chi connectivity index (χ1) is 9.65. The zero-order chi connectivity index (χ0) is 14.4. The predicted molar refractivity (Wildman–Crippen MR) is 71.9 cm³/mol.